The largest absolute Gasteiger partial charge is 0.389 e. The first-order chi connectivity index (χ1) is 4.83. The van der Waals surface area contributed by atoms with Crippen molar-refractivity contribution in [2.45, 2.75) is 30.8 Å². The van der Waals surface area contributed by atoms with Crippen molar-refractivity contribution in [1.29, 1.82) is 0 Å². The summed E-state index contributed by atoms with van der Waals surface area (Å²) in [7, 11) is 0. The highest BCUT2D eigenvalue weighted by atomic mass is 19.3. The van der Waals surface area contributed by atoms with E-state index in [2.05, 4.69) is 0 Å². The molecule has 0 heterocycles. The molecule has 11 heavy (non-hydrogen) atoms. The second-order valence-corrected chi connectivity index (χ2v) is 3.08. The monoisotopic (exact) mass is 165 g/mol. The molecule has 0 aromatic carbocycles. The summed E-state index contributed by atoms with van der Waals surface area (Å²) in [4.78, 5) is 10.2. The highest BCUT2D eigenvalue weighted by Crippen LogP contribution is 2.47. The molecule has 5 heteroatoms. The normalized spacial score (nSPS) is 25.7. The van der Waals surface area contributed by atoms with E-state index in [1.54, 1.807) is 0 Å². The second kappa shape index (κ2) is 2.14. The number of hydrogen-bond acceptors (Lipinski definition) is 2. The third kappa shape index (κ3) is 1.86. The third-order valence-electron chi connectivity index (χ3n) is 1.68. The Hall–Kier alpha value is -0.710. The molecule has 3 N–H and O–H groups in total. The maximum absolute atomic E-state index is 12.2. The molecule has 64 valence electrons. The minimum atomic E-state index is -2.82. The Labute approximate surface area is 62.2 Å². The fourth-order valence-corrected chi connectivity index (χ4v) is 1.36. The number of rotatable bonds is 2. The van der Waals surface area contributed by atoms with E-state index in [0.717, 1.165) is 0 Å². The first kappa shape index (κ1) is 8.39. The maximum Gasteiger partial charge on any atom is 0.253 e. The molecule has 1 fully saturated rings. The summed E-state index contributed by atoms with van der Waals surface area (Å²) in [5, 5.41) is 9.14. The molecule has 0 spiro atoms. The number of halogens is 2. The zero-order chi connectivity index (χ0) is 8.70. The van der Waals surface area contributed by atoms with Gasteiger partial charge in [0.25, 0.3) is 5.92 Å². The van der Waals surface area contributed by atoms with Crippen molar-refractivity contribution in [3.8, 4) is 0 Å². The molecule has 3 nitrogen and oxygen atoms in total. The lowest BCUT2D eigenvalue weighted by Crippen LogP contribution is -2.53. The fourth-order valence-electron chi connectivity index (χ4n) is 1.36. The second-order valence-electron chi connectivity index (χ2n) is 3.08. The number of amides is 1. The lowest BCUT2D eigenvalue weighted by atomic mass is 9.74. The van der Waals surface area contributed by atoms with Gasteiger partial charge in [-0.25, -0.2) is 8.78 Å². The van der Waals surface area contributed by atoms with Gasteiger partial charge in [0.15, 0.2) is 0 Å². The number of alkyl halides is 2. The van der Waals surface area contributed by atoms with Gasteiger partial charge in [-0.1, -0.05) is 0 Å². The van der Waals surface area contributed by atoms with Crippen LogP contribution in [-0.4, -0.2) is 22.5 Å². The van der Waals surface area contributed by atoms with Gasteiger partial charge >= 0.3 is 0 Å². The Morgan fingerprint density at radius 2 is 2.00 bits per heavy atom. The zero-order valence-corrected chi connectivity index (χ0v) is 5.81. The average molecular weight is 165 g/mol. The van der Waals surface area contributed by atoms with Crippen LogP contribution in [0.2, 0.25) is 0 Å². The molecular formula is C6H9F2NO2. The third-order valence-corrected chi connectivity index (χ3v) is 1.68. The number of primary amides is 1. The van der Waals surface area contributed by atoms with Crippen LogP contribution in [0.1, 0.15) is 19.3 Å². The molecule has 1 aliphatic carbocycles. The number of carbonyl (C=O) groups is 1. The first-order valence-corrected chi connectivity index (χ1v) is 3.22. The van der Waals surface area contributed by atoms with Gasteiger partial charge in [-0.3, -0.25) is 4.79 Å². The number of hydrogen-bond donors (Lipinski definition) is 2. The predicted molar refractivity (Wildman–Crippen MR) is 32.9 cm³/mol. The highest BCUT2D eigenvalue weighted by molar-refractivity contribution is 5.75. The van der Waals surface area contributed by atoms with E-state index in [1.165, 1.54) is 0 Å². The minimum absolute atomic E-state index is 0.372. The molecule has 0 aliphatic heterocycles. The van der Waals surface area contributed by atoms with Crippen LogP contribution in [0.25, 0.3) is 0 Å². The van der Waals surface area contributed by atoms with Gasteiger partial charge in [-0.15, -0.1) is 0 Å². The van der Waals surface area contributed by atoms with Gasteiger partial charge in [0.1, 0.15) is 0 Å². The van der Waals surface area contributed by atoms with E-state index < -0.39 is 30.3 Å². The number of aliphatic hydroxyl groups is 1. The van der Waals surface area contributed by atoms with Crippen LogP contribution in [0.5, 0.6) is 0 Å². The lowest BCUT2D eigenvalue weighted by Gasteiger charge is -2.42. The highest BCUT2D eigenvalue weighted by Gasteiger charge is 2.56. The Balaban J connectivity index is 2.43. The molecule has 1 aliphatic rings. The molecule has 0 atom stereocenters. The van der Waals surface area contributed by atoms with Gasteiger partial charge in [0.2, 0.25) is 5.91 Å². The first-order valence-electron chi connectivity index (χ1n) is 3.22. The summed E-state index contributed by atoms with van der Waals surface area (Å²) in [5.41, 5.74) is 3.19. The molecule has 0 radical (unpaired) electrons. The summed E-state index contributed by atoms with van der Waals surface area (Å²) in [6.07, 6.45) is -1.67. The molecule has 0 bridgehead atoms. The summed E-state index contributed by atoms with van der Waals surface area (Å²) in [6.45, 7) is 0. The van der Waals surface area contributed by atoms with E-state index in [4.69, 9.17) is 10.8 Å². The lowest BCUT2D eigenvalue weighted by molar-refractivity contribution is -0.206. The number of carbonyl (C=O) groups excluding carboxylic acids is 1. The van der Waals surface area contributed by atoms with Crippen molar-refractivity contribution in [2.24, 2.45) is 5.73 Å². The van der Waals surface area contributed by atoms with Gasteiger partial charge in [-0.05, 0) is 0 Å². The molecule has 1 amide bonds. The average Bonchev–Trinajstić information content (AvgIpc) is 1.52. The minimum Gasteiger partial charge on any atom is -0.389 e. The standard InChI is InChI=1S/C6H9F2NO2/c7-6(8)2-5(11,3-6)1-4(9)10/h11H,1-3H2,(H2,9,10). The Bertz CT molecular complexity index is 185. The molecule has 0 saturated heterocycles. The van der Waals surface area contributed by atoms with E-state index in [9.17, 15) is 13.6 Å². The topological polar surface area (TPSA) is 63.3 Å². The molecule has 1 saturated carbocycles. The van der Waals surface area contributed by atoms with Crippen LogP contribution >= 0.6 is 0 Å². The molecular weight excluding hydrogens is 156 g/mol. The fraction of sp³-hybridized carbons (Fsp3) is 0.833. The summed E-state index contributed by atoms with van der Waals surface area (Å²) in [5.74, 6) is -3.56. The van der Waals surface area contributed by atoms with Crippen LogP contribution in [0.4, 0.5) is 8.78 Å². The predicted octanol–water partition coefficient (Wildman–Crippen LogP) is 0.0220. The van der Waals surface area contributed by atoms with Crippen LogP contribution in [0.3, 0.4) is 0 Å². The Kier molecular flexibility index (Phi) is 1.63. The summed E-state index contributed by atoms with van der Waals surface area (Å²) >= 11 is 0. The number of nitrogens with two attached hydrogens (primary N) is 1. The van der Waals surface area contributed by atoms with E-state index in [-0.39, 0.29) is 6.42 Å². The van der Waals surface area contributed by atoms with Crippen molar-refractivity contribution in [3.05, 3.63) is 0 Å². The SMILES string of the molecule is NC(=O)CC1(O)CC(F)(F)C1. The Morgan fingerprint density at radius 3 is 2.27 bits per heavy atom. The van der Waals surface area contributed by atoms with Gasteiger partial charge < -0.3 is 10.8 Å². The Morgan fingerprint density at radius 1 is 1.55 bits per heavy atom. The molecule has 0 unspecified atom stereocenters. The summed E-state index contributed by atoms with van der Waals surface area (Å²) < 4.78 is 24.3. The maximum atomic E-state index is 12.2. The van der Waals surface area contributed by atoms with Crippen LogP contribution in [0, 0.1) is 0 Å². The molecule has 0 aromatic heterocycles. The molecule has 0 aromatic rings. The zero-order valence-electron chi connectivity index (χ0n) is 5.81. The van der Waals surface area contributed by atoms with Crippen molar-refractivity contribution < 1.29 is 18.7 Å². The van der Waals surface area contributed by atoms with Gasteiger partial charge in [-0.2, -0.15) is 0 Å². The summed E-state index contributed by atoms with van der Waals surface area (Å²) in [6, 6.07) is 0. The van der Waals surface area contributed by atoms with Crippen molar-refractivity contribution in [1.82, 2.24) is 0 Å². The quantitative estimate of drug-likeness (QED) is 0.606. The molecule has 1 rings (SSSR count). The van der Waals surface area contributed by atoms with Crippen LogP contribution < -0.4 is 5.73 Å². The van der Waals surface area contributed by atoms with E-state index >= 15 is 0 Å². The van der Waals surface area contributed by atoms with Crippen LogP contribution in [-0.2, 0) is 4.79 Å². The van der Waals surface area contributed by atoms with Gasteiger partial charge in [0, 0.05) is 12.8 Å². The van der Waals surface area contributed by atoms with Gasteiger partial charge in [0.05, 0.1) is 12.0 Å². The van der Waals surface area contributed by atoms with E-state index in [1.807, 2.05) is 0 Å². The van der Waals surface area contributed by atoms with Crippen molar-refractivity contribution in [3.63, 3.8) is 0 Å². The smallest absolute Gasteiger partial charge is 0.253 e. The van der Waals surface area contributed by atoms with Crippen LogP contribution in [0.15, 0.2) is 0 Å². The van der Waals surface area contributed by atoms with E-state index in [0.29, 0.717) is 0 Å². The van der Waals surface area contributed by atoms with Crippen molar-refractivity contribution >= 4 is 5.91 Å². The van der Waals surface area contributed by atoms with Crippen molar-refractivity contribution in [2.75, 3.05) is 0 Å².